The van der Waals surface area contributed by atoms with E-state index in [0.717, 1.165) is 55.1 Å². The molecule has 0 spiro atoms. The fraction of sp³-hybridized carbons (Fsp3) is 0.625. The summed E-state index contributed by atoms with van der Waals surface area (Å²) in [4.78, 5) is 19.4. The van der Waals surface area contributed by atoms with E-state index in [0.29, 0.717) is 5.92 Å². The van der Waals surface area contributed by atoms with Crippen molar-refractivity contribution in [1.29, 1.82) is 0 Å². The van der Waals surface area contributed by atoms with E-state index < -0.39 is 0 Å². The van der Waals surface area contributed by atoms with E-state index in [2.05, 4.69) is 53.8 Å². The van der Waals surface area contributed by atoms with Crippen LogP contribution in [0.1, 0.15) is 63.9 Å². The van der Waals surface area contributed by atoms with Crippen LogP contribution in [0.3, 0.4) is 0 Å². The van der Waals surface area contributed by atoms with Crippen LogP contribution in [-0.4, -0.2) is 58.3 Å². The van der Waals surface area contributed by atoms with Gasteiger partial charge in [-0.2, -0.15) is 0 Å². The Morgan fingerprint density at radius 1 is 1.06 bits per heavy atom. The first-order valence-corrected chi connectivity index (χ1v) is 12.4. The number of anilines is 1. The molecule has 0 radical (unpaired) electrons. The predicted octanol–water partition coefficient (Wildman–Crippen LogP) is 5.16. The molecule has 1 aliphatic heterocycles. The van der Waals surface area contributed by atoms with Crippen LogP contribution in [0.4, 0.5) is 5.82 Å². The second-order valence-electron chi connectivity index (χ2n) is 9.55. The lowest BCUT2D eigenvalue weighted by atomic mass is 9.82. The molecule has 2 aromatic heterocycles. The molecular weight excluding hydrogens is 426 g/mol. The number of hydrogen-bond acceptors (Lipinski definition) is 6. The monoisotopic (exact) mass is 461 g/mol. The van der Waals surface area contributed by atoms with Gasteiger partial charge in [-0.15, -0.1) is 24.2 Å². The average Bonchev–Trinajstić information content (AvgIpc) is 2.70. The molecule has 0 bridgehead atoms. The molecule has 0 amide bonds. The number of aromatic nitrogens is 3. The predicted molar refractivity (Wildman–Crippen MR) is 133 cm³/mol. The van der Waals surface area contributed by atoms with Crippen molar-refractivity contribution in [3.05, 3.63) is 42.0 Å². The minimum atomic E-state index is -0.0123. The number of thioether (sulfide) groups is 1. The lowest BCUT2D eigenvalue weighted by Gasteiger charge is -2.36. The zero-order chi connectivity index (χ0) is 21.0. The van der Waals surface area contributed by atoms with Crippen LogP contribution in [0.5, 0.6) is 0 Å². The Hall–Kier alpha value is -1.37. The molecule has 0 aromatic carbocycles. The van der Waals surface area contributed by atoms with Gasteiger partial charge in [0.15, 0.2) is 0 Å². The van der Waals surface area contributed by atoms with Crippen molar-refractivity contribution >= 4 is 30.0 Å². The van der Waals surface area contributed by atoms with Gasteiger partial charge in [0, 0.05) is 61.2 Å². The summed E-state index contributed by atoms with van der Waals surface area (Å²) in [6.45, 7) is 12.2. The SMILES string of the molecule is CC(C)(C)c1nc(C2CCC2)cc(N2CCN(CCCSc3ccccn3)CC2)n1.Cl. The summed E-state index contributed by atoms with van der Waals surface area (Å²) in [5, 5.41) is 1.13. The van der Waals surface area contributed by atoms with E-state index in [9.17, 15) is 0 Å². The van der Waals surface area contributed by atoms with E-state index in [1.54, 1.807) is 0 Å². The number of hydrogen-bond donors (Lipinski definition) is 0. The highest BCUT2D eigenvalue weighted by molar-refractivity contribution is 7.99. The van der Waals surface area contributed by atoms with Gasteiger partial charge < -0.3 is 4.90 Å². The third-order valence-electron chi connectivity index (χ3n) is 6.13. The van der Waals surface area contributed by atoms with Crippen molar-refractivity contribution in [1.82, 2.24) is 19.9 Å². The number of halogens is 1. The Morgan fingerprint density at radius 2 is 1.84 bits per heavy atom. The molecule has 2 aromatic rings. The van der Waals surface area contributed by atoms with Crippen LogP contribution in [0.2, 0.25) is 0 Å². The van der Waals surface area contributed by atoms with Crippen molar-refractivity contribution in [2.45, 2.75) is 62.8 Å². The molecule has 4 rings (SSSR count). The summed E-state index contributed by atoms with van der Waals surface area (Å²) >= 11 is 1.86. The highest BCUT2D eigenvalue weighted by atomic mass is 35.5. The van der Waals surface area contributed by atoms with E-state index in [1.165, 1.54) is 31.4 Å². The second kappa shape index (κ2) is 11.0. The molecule has 2 fully saturated rings. The van der Waals surface area contributed by atoms with Crippen molar-refractivity contribution in [2.24, 2.45) is 0 Å². The molecule has 170 valence electrons. The quantitative estimate of drug-likeness (QED) is 0.419. The lowest BCUT2D eigenvalue weighted by Crippen LogP contribution is -2.47. The maximum atomic E-state index is 4.99. The molecule has 5 nitrogen and oxygen atoms in total. The molecule has 7 heteroatoms. The van der Waals surface area contributed by atoms with Crippen molar-refractivity contribution < 1.29 is 0 Å². The minimum Gasteiger partial charge on any atom is -0.354 e. The third kappa shape index (κ3) is 6.56. The van der Waals surface area contributed by atoms with Crippen molar-refractivity contribution in [3.8, 4) is 0 Å². The van der Waals surface area contributed by atoms with Gasteiger partial charge in [-0.1, -0.05) is 33.3 Å². The molecule has 1 saturated carbocycles. The molecule has 0 unspecified atom stereocenters. The van der Waals surface area contributed by atoms with Gasteiger partial charge in [0.05, 0.1) is 5.03 Å². The van der Waals surface area contributed by atoms with Gasteiger partial charge in [-0.3, -0.25) is 4.90 Å². The first-order chi connectivity index (χ1) is 14.5. The Labute approximate surface area is 197 Å². The van der Waals surface area contributed by atoms with Gasteiger partial charge in [0.2, 0.25) is 0 Å². The largest absolute Gasteiger partial charge is 0.354 e. The molecule has 31 heavy (non-hydrogen) atoms. The maximum absolute atomic E-state index is 4.99. The van der Waals surface area contributed by atoms with Crippen LogP contribution in [0, 0.1) is 0 Å². The molecule has 0 N–H and O–H groups in total. The van der Waals surface area contributed by atoms with Gasteiger partial charge in [0.1, 0.15) is 11.6 Å². The number of rotatable bonds is 7. The summed E-state index contributed by atoms with van der Waals surface area (Å²) in [6, 6.07) is 8.40. The number of nitrogens with zero attached hydrogens (tertiary/aromatic N) is 5. The summed E-state index contributed by atoms with van der Waals surface area (Å²) in [5.41, 5.74) is 1.26. The van der Waals surface area contributed by atoms with Gasteiger partial charge in [-0.25, -0.2) is 15.0 Å². The van der Waals surface area contributed by atoms with Gasteiger partial charge >= 0.3 is 0 Å². The Bertz CT molecular complexity index is 814. The zero-order valence-electron chi connectivity index (χ0n) is 19.1. The van der Waals surface area contributed by atoms with Crippen molar-refractivity contribution in [2.75, 3.05) is 43.4 Å². The standard InChI is InChI=1S/C24H35N5S.ClH/c1-24(2,3)23-26-20(19-8-6-9-19)18-21(27-23)29-15-13-28(14-16-29)12-7-17-30-22-10-4-5-11-25-22;/h4-5,10-11,18-19H,6-9,12-17H2,1-3H3;1H. The van der Waals surface area contributed by atoms with E-state index in [-0.39, 0.29) is 17.8 Å². The molecule has 1 aliphatic carbocycles. The zero-order valence-corrected chi connectivity index (χ0v) is 20.7. The van der Waals surface area contributed by atoms with Crippen LogP contribution in [-0.2, 0) is 5.41 Å². The van der Waals surface area contributed by atoms with Crippen LogP contribution in [0.15, 0.2) is 35.5 Å². The summed E-state index contributed by atoms with van der Waals surface area (Å²) in [7, 11) is 0. The molecule has 2 aliphatic rings. The fourth-order valence-corrected chi connectivity index (χ4v) is 4.75. The van der Waals surface area contributed by atoms with Crippen molar-refractivity contribution in [3.63, 3.8) is 0 Å². The summed E-state index contributed by atoms with van der Waals surface area (Å²) in [5.74, 6) is 3.91. The first-order valence-electron chi connectivity index (χ1n) is 11.4. The Kier molecular flexibility index (Phi) is 8.59. The number of piperazine rings is 1. The highest BCUT2D eigenvalue weighted by Crippen LogP contribution is 2.37. The highest BCUT2D eigenvalue weighted by Gasteiger charge is 2.27. The maximum Gasteiger partial charge on any atom is 0.136 e. The Balaban J connectivity index is 0.00000272. The average molecular weight is 462 g/mol. The lowest BCUT2D eigenvalue weighted by molar-refractivity contribution is 0.258. The molecule has 1 saturated heterocycles. The van der Waals surface area contributed by atoms with Gasteiger partial charge in [0.25, 0.3) is 0 Å². The van der Waals surface area contributed by atoms with Crippen LogP contribution in [0.25, 0.3) is 0 Å². The first kappa shape index (κ1) is 24.3. The smallest absolute Gasteiger partial charge is 0.136 e. The topological polar surface area (TPSA) is 45.2 Å². The molecule has 0 atom stereocenters. The third-order valence-corrected chi connectivity index (χ3v) is 7.16. The normalized spacial score (nSPS) is 17.8. The second-order valence-corrected chi connectivity index (χ2v) is 10.7. The van der Waals surface area contributed by atoms with E-state index in [4.69, 9.17) is 9.97 Å². The fourth-order valence-electron chi connectivity index (χ4n) is 3.96. The summed E-state index contributed by atoms with van der Waals surface area (Å²) < 4.78 is 0. The summed E-state index contributed by atoms with van der Waals surface area (Å²) in [6.07, 6.45) is 6.98. The van der Waals surface area contributed by atoms with Crippen LogP contribution < -0.4 is 4.90 Å². The number of pyridine rings is 1. The van der Waals surface area contributed by atoms with E-state index >= 15 is 0 Å². The Morgan fingerprint density at radius 3 is 2.45 bits per heavy atom. The molecule has 3 heterocycles. The van der Waals surface area contributed by atoms with Gasteiger partial charge in [-0.05, 0) is 37.9 Å². The molecular formula is C24H36ClN5S. The minimum absolute atomic E-state index is 0. The van der Waals surface area contributed by atoms with E-state index in [1.807, 2.05) is 24.0 Å². The van der Waals surface area contributed by atoms with Crippen LogP contribution >= 0.6 is 24.2 Å².